The van der Waals surface area contributed by atoms with Gasteiger partial charge in [0.2, 0.25) is 11.8 Å². The molecule has 0 saturated carbocycles. The molecular formula is C21H28N2O6. The molecule has 4 aliphatic rings. The molecule has 8 heteroatoms. The van der Waals surface area contributed by atoms with E-state index in [2.05, 4.69) is 6.92 Å². The summed E-state index contributed by atoms with van der Waals surface area (Å²) < 4.78 is 11.6. The first-order valence-electron chi connectivity index (χ1n) is 10.4. The molecule has 158 valence electrons. The monoisotopic (exact) mass is 404 g/mol. The Morgan fingerprint density at radius 1 is 1.17 bits per heavy atom. The van der Waals surface area contributed by atoms with Crippen LogP contribution in [0.4, 0.5) is 0 Å². The second-order valence-electron chi connectivity index (χ2n) is 8.05. The molecule has 4 heterocycles. The number of hydrogen-bond acceptors (Lipinski definition) is 6. The molecule has 2 amide bonds. The second kappa shape index (κ2) is 7.91. The molecule has 4 rings (SSSR count). The molecule has 0 aromatic rings. The summed E-state index contributed by atoms with van der Waals surface area (Å²) in [4.78, 5) is 43.0. The van der Waals surface area contributed by atoms with Crippen LogP contribution in [0.5, 0.6) is 0 Å². The summed E-state index contributed by atoms with van der Waals surface area (Å²) in [6, 6.07) is -0.838. The number of carbonyl (C=O) groups excluding carboxylic acids is 3. The number of esters is 1. The number of rotatable bonds is 6. The van der Waals surface area contributed by atoms with Gasteiger partial charge in [-0.25, -0.2) is 0 Å². The molecule has 4 aliphatic heterocycles. The van der Waals surface area contributed by atoms with Crippen molar-refractivity contribution >= 4 is 17.8 Å². The highest BCUT2D eigenvalue weighted by molar-refractivity contribution is 5.99. The topological polar surface area (TPSA) is 96.4 Å². The molecule has 1 unspecified atom stereocenters. The number of aliphatic hydroxyl groups excluding tert-OH is 1. The minimum absolute atomic E-state index is 0.0879. The summed E-state index contributed by atoms with van der Waals surface area (Å²) in [7, 11) is 0. The van der Waals surface area contributed by atoms with E-state index in [0.29, 0.717) is 19.5 Å². The number of unbranched alkanes of at least 4 members (excludes halogenated alkanes) is 1. The van der Waals surface area contributed by atoms with Crippen molar-refractivity contribution in [3.8, 4) is 0 Å². The van der Waals surface area contributed by atoms with Crippen molar-refractivity contribution < 1.29 is 29.0 Å². The number of aliphatic hydroxyl groups is 1. The van der Waals surface area contributed by atoms with Gasteiger partial charge in [0, 0.05) is 26.2 Å². The van der Waals surface area contributed by atoms with Gasteiger partial charge >= 0.3 is 5.97 Å². The summed E-state index contributed by atoms with van der Waals surface area (Å²) >= 11 is 0. The van der Waals surface area contributed by atoms with Crippen LogP contribution >= 0.6 is 0 Å². The lowest BCUT2D eigenvalue weighted by Gasteiger charge is -2.35. The Kier molecular flexibility index (Phi) is 5.48. The Morgan fingerprint density at radius 2 is 2.00 bits per heavy atom. The fraction of sp³-hybridized carbons (Fsp3) is 0.667. The van der Waals surface area contributed by atoms with E-state index in [0.717, 1.165) is 12.8 Å². The fourth-order valence-corrected chi connectivity index (χ4v) is 5.05. The third-order valence-corrected chi connectivity index (χ3v) is 6.34. The Hall–Kier alpha value is -2.19. The smallest absolute Gasteiger partial charge is 0.313 e. The van der Waals surface area contributed by atoms with E-state index in [1.807, 2.05) is 12.2 Å². The van der Waals surface area contributed by atoms with Crippen molar-refractivity contribution in [2.45, 2.75) is 43.9 Å². The lowest BCUT2D eigenvalue weighted by molar-refractivity contribution is -0.153. The molecule has 29 heavy (non-hydrogen) atoms. The maximum Gasteiger partial charge on any atom is 0.313 e. The largest absolute Gasteiger partial charge is 0.461 e. The van der Waals surface area contributed by atoms with Crippen molar-refractivity contribution in [3.05, 3.63) is 24.3 Å². The van der Waals surface area contributed by atoms with Gasteiger partial charge in [0.1, 0.15) is 24.2 Å². The molecule has 2 saturated heterocycles. The first kappa shape index (κ1) is 20.1. The van der Waals surface area contributed by atoms with Crippen molar-refractivity contribution in [2.24, 2.45) is 11.8 Å². The van der Waals surface area contributed by atoms with Gasteiger partial charge < -0.3 is 24.4 Å². The quantitative estimate of drug-likeness (QED) is 0.504. The van der Waals surface area contributed by atoms with Crippen molar-refractivity contribution in [3.63, 3.8) is 0 Å². The third kappa shape index (κ3) is 3.09. The Labute approximate surface area is 170 Å². The van der Waals surface area contributed by atoms with E-state index in [1.54, 1.807) is 17.1 Å². The number of fused-ring (bicyclic) bond motifs is 2. The summed E-state index contributed by atoms with van der Waals surface area (Å²) in [5.41, 5.74) is -1.19. The van der Waals surface area contributed by atoms with Crippen LogP contribution < -0.4 is 0 Å². The second-order valence-corrected chi connectivity index (χ2v) is 8.05. The van der Waals surface area contributed by atoms with Crippen LogP contribution in [0.2, 0.25) is 0 Å². The molecule has 1 spiro atoms. The minimum atomic E-state index is -1.19. The van der Waals surface area contributed by atoms with Gasteiger partial charge in [-0.1, -0.05) is 31.6 Å². The van der Waals surface area contributed by atoms with Crippen LogP contribution in [0.15, 0.2) is 24.3 Å². The number of nitrogens with zero attached hydrogens (tertiary/aromatic N) is 2. The Morgan fingerprint density at radius 3 is 2.76 bits per heavy atom. The molecule has 0 bridgehead atoms. The normalized spacial score (nSPS) is 35.9. The van der Waals surface area contributed by atoms with Gasteiger partial charge in [-0.15, -0.1) is 0 Å². The number of carbonyl (C=O) groups is 3. The highest BCUT2D eigenvalue weighted by Gasteiger charge is 2.71. The lowest BCUT2D eigenvalue weighted by Crippen LogP contribution is -2.55. The third-order valence-electron chi connectivity index (χ3n) is 6.34. The van der Waals surface area contributed by atoms with Crippen molar-refractivity contribution in [1.29, 1.82) is 0 Å². The molecule has 0 aromatic heterocycles. The van der Waals surface area contributed by atoms with Crippen LogP contribution in [0.25, 0.3) is 0 Å². The molecule has 5 atom stereocenters. The van der Waals surface area contributed by atoms with E-state index in [1.165, 1.54) is 4.90 Å². The van der Waals surface area contributed by atoms with Crippen LogP contribution in [0.3, 0.4) is 0 Å². The highest BCUT2D eigenvalue weighted by atomic mass is 16.6. The molecule has 1 N–H and O–H groups in total. The van der Waals surface area contributed by atoms with Crippen LogP contribution in [0, 0.1) is 11.8 Å². The number of likely N-dealkylation sites (tertiary alicyclic amines) is 1. The van der Waals surface area contributed by atoms with Gasteiger partial charge in [-0.05, 0) is 18.9 Å². The summed E-state index contributed by atoms with van der Waals surface area (Å²) in [6.45, 7) is 3.42. The fourth-order valence-electron chi connectivity index (χ4n) is 5.05. The van der Waals surface area contributed by atoms with Gasteiger partial charge in [0.05, 0.1) is 12.0 Å². The van der Waals surface area contributed by atoms with E-state index in [-0.39, 0.29) is 31.6 Å². The molecular weight excluding hydrogens is 376 g/mol. The highest BCUT2D eigenvalue weighted by Crippen LogP contribution is 2.53. The van der Waals surface area contributed by atoms with Crippen LogP contribution in [-0.2, 0) is 23.9 Å². The Balaban J connectivity index is 1.77. The number of hydrogen-bond donors (Lipinski definition) is 1. The molecule has 0 radical (unpaired) electrons. The number of cyclic esters (lactones) is 1. The predicted molar refractivity (Wildman–Crippen MR) is 103 cm³/mol. The van der Waals surface area contributed by atoms with E-state index in [4.69, 9.17) is 9.47 Å². The standard InChI is InChI=1S/C21H28N2O6/c1-2-3-9-22-10-5-8-21-16(15-14(29-21)7-4-13-28-20(15)27)18(25)23(11-6-12-24)17(21)19(22)26/h4-5,7-8,14-17,24H,2-3,6,9-13H2,1H3/t14-,15+,16+,17-,21?/m1/s1. The maximum atomic E-state index is 13.6. The SMILES string of the molecule is CCCCN1CC=CC23O[C@@H]4C=CCOC(=O)[C@@H]4[C@H]2C(=O)N(CCCO)[C@@H]3C1=O. The van der Waals surface area contributed by atoms with Gasteiger partial charge in [0.25, 0.3) is 0 Å². The zero-order valence-corrected chi connectivity index (χ0v) is 16.7. The van der Waals surface area contributed by atoms with Crippen LogP contribution in [-0.4, -0.2) is 83.3 Å². The minimum Gasteiger partial charge on any atom is -0.461 e. The lowest BCUT2D eigenvalue weighted by atomic mass is 9.78. The van der Waals surface area contributed by atoms with E-state index < -0.39 is 35.6 Å². The van der Waals surface area contributed by atoms with Gasteiger partial charge in [0.15, 0.2) is 0 Å². The zero-order valence-electron chi connectivity index (χ0n) is 16.7. The molecule has 0 aliphatic carbocycles. The van der Waals surface area contributed by atoms with Crippen molar-refractivity contribution in [2.75, 3.05) is 32.8 Å². The van der Waals surface area contributed by atoms with Gasteiger partial charge in [-0.2, -0.15) is 0 Å². The number of ether oxygens (including phenoxy) is 2. The predicted octanol–water partition coefficient (Wildman–Crippen LogP) is 0.261. The Bertz CT molecular complexity index is 749. The van der Waals surface area contributed by atoms with E-state index >= 15 is 0 Å². The van der Waals surface area contributed by atoms with Crippen molar-refractivity contribution in [1.82, 2.24) is 9.80 Å². The van der Waals surface area contributed by atoms with Gasteiger partial charge in [-0.3, -0.25) is 14.4 Å². The summed E-state index contributed by atoms with van der Waals surface area (Å²) in [5.74, 6) is -2.49. The molecule has 8 nitrogen and oxygen atoms in total. The van der Waals surface area contributed by atoms with E-state index in [9.17, 15) is 19.5 Å². The molecule has 0 aromatic carbocycles. The zero-order chi connectivity index (χ0) is 20.6. The number of amides is 2. The summed E-state index contributed by atoms with van der Waals surface area (Å²) in [5, 5.41) is 9.30. The summed E-state index contributed by atoms with van der Waals surface area (Å²) in [6.07, 6.45) is 8.77. The first-order chi connectivity index (χ1) is 14.0. The van der Waals surface area contributed by atoms with Crippen LogP contribution in [0.1, 0.15) is 26.2 Å². The average molecular weight is 404 g/mol. The first-order valence-corrected chi connectivity index (χ1v) is 10.4. The maximum absolute atomic E-state index is 13.6. The molecule has 2 fully saturated rings. The average Bonchev–Trinajstić information content (AvgIpc) is 3.00.